The van der Waals surface area contributed by atoms with Gasteiger partial charge in [-0.3, -0.25) is 4.79 Å². The minimum atomic E-state index is -1.13. The van der Waals surface area contributed by atoms with Gasteiger partial charge in [0.05, 0.1) is 24.7 Å². The summed E-state index contributed by atoms with van der Waals surface area (Å²) in [4.78, 5) is 36.6. The number of hydrogen-bond acceptors (Lipinski definition) is 7. The van der Waals surface area contributed by atoms with Crippen molar-refractivity contribution in [2.24, 2.45) is 11.8 Å². The molecule has 3 aliphatic heterocycles. The van der Waals surface area contributed by atoms with E-state index in [1.807, 2.05) is 6.92 Å². The van der Waals surface area contributed by atoms with Gasteiger partial charge in [-0.2, -0.15) is 0 Å². The van der Waals surface area contributed by atoms with Crippen molar-refractivity contribution >= 4 is 29.6 Å². The average Bonchev–Trinajstić information content (AvgIpc) is 3.09. The molecule has 6 atom stereocenters. The molecule has 0 spiro atoms. The zero-order valence-corrected chi connectivity index (χ0v) is 15.9. The van der Waals surface area contributed by atoms with Gasteiger partial charge in [0.15, 0.2) is 0 Å². The van der Waals surface area contributed by atoms with Crippen LogP contribution in [0.2, 0.25) is 0 Å². The van der Waals surface area contributed by atoms with Crippen molar-refractivity contribution in [1.29, 1.82) is 0 Å². The fraction of sp³-hybridized carbons (Fsp3) is 0.706. The molecule has 150 valence electrons. The van der Waals surface area contributed by atoms with Crippen molar-refractivity contribution in [3.05, 3.63) is 10.6 Å². The summed E-state index contributed by atoms with van der Waals surface area (Å²) in [5.74, 6) is -3.19. The predicted octanol–water partition coefficient (Wildman–Crippen LogP) is -0.295. The maximum Gasteiger partial charge on any atom is 0.353 e. The van der Waals surface area contributed by atoms with Crippen LogP contribution in [0.5, 0.6) is 0 Å². The van der Waals surface area contributed by atoms with Gasteiger partial charge in [-0.15, -0.1) is 11.8 Å². The van der Waals surface area contributed by atoms with Crippen molar-refractivity contribution in [3.63, 3.8) is 0 Å². The lowest BCUT2D eigenvalue weighted by molar-refractivity contribution is -0.163. The lowest BCUT2D eigenvalue weighted by atomic mass is 9.79. The van der Waals surface area contributed by atoms with E-state index in [1.54, 1.807) is 6.92 Å². The molecule has 2 saturated heterocycles. The number of carboxylic acid groups (broad SMARTS) is 2. The van der Waals surface area contributed by atoms with Gasteiger partial charge in [-0.1, -0.05) is 6.92 Å². The van der Waals surface area contributed by atoms with E-state index in [4.69, 9.17) is 9.84 Å². The van der Waals surface area contributed by atoms with E-state index in [0.717, 1.165) is 0 Å². The number of carbonyl (C=O) groups excluding carboxylic acids is 1. The summed E-state index contributed by atoms with van der Waals surface area (Å²) in [6, 6.07) is -0.300. The van der Waals surface area contributed by atoms with E-state index in [-0.39, 0.29) is 48.1 Å². The third-order valence-electron chi connectivity index (χ3n) is 5.33. The number of aliphatic hydroxyl groups excluding tert-OH is 1. The van der Waals surface area contributed by atoms with E-state index in [0.29, 0.717) is 17.9 Å². The molecular weight excluding hydrogens is 376 g/mol. The number of amides is 1. The smallest absolute Gasteiger partial charge is 0.353 e. The Hall–Kier alpha value is -1.62. The van der Waals surface area contributed by atoms with Crippen LogP contribution < -0.4 is 5.32 Å². The Balaban J connectivity index is 1.66. The Labute approximate surface area is 160 Å². The third kappa shape index (κ3) is 3.71. The Morgan fingerprint density at radius 1 is 1.41 bits per heavy atom. The largest absolute Gasteiger partial charge is 0.480 e. The lowest BCUT2D eigenvalue weighted by Crippen LogP contribution is -2.63. The summed E-state index contributed by atoms with van der Waals surface area (Å²) in [5, 5.41) is 31.5. The Morgan fingerprint density at radius 2 is 2.11 bits per heavy atom. The van der Waals surface area contributed by atoms with Gasteiger partial charge >= 0.3 is 11.9 Å². The van der Waals surface area contributed by atoms with E-state index in [9.17, 15) is 24.6 Å². The predicted molar refractivity (Wildman–Crippen MR) is 95.9 cm³/mol. The molecular formula is C17H24N2O7S. The molecule has 2 fully saturated rings. The average molecular weight is 400 g/mol. The highest BCUT2D eigenvalue weighted by molar-refractivity contribution is 8.03. The molecule has 0 bridgehead atoms. The molecule has 3 heterocycles. The summed E-state index contributed by atoms with van der Waals surface area (Å²) in [5.41, 5.74) is 0.0324. The third-order valence-corrected chi connectivity index (χ3v) is 6.84. The highest BCUT2D eigenvalue weighted by Gasteiger charge is 2.60. The normalized spacial score (nSPS) is 33.8. The summed E-state index contributed by atoms with van der Waals surface area (Å²) in [7, 11) is 0. The standard InChI is InChI=1S/C17H24N2O7S/c1-7-13-12(8(2)20)16(23)19(13)14(17(24)25)15(7)27-10-3-9(18-4-10)5-26-6-11(21)22/h7-10,12-13,18,20H,3-6H2,1-2H3,(H,21,22)(H,24,25)/t7-,8-,9+,10+,12-,13-/m1/s1. The molecule has 1 amide bonds. The summed E-state index contributed by atoms with van der Waals surface area (Å²) < 4.78 is 5.12. The van der Waals surface area contributed by atoms with E-state index in [1.165, 1.54) is 16.7 Å². The molecule has 0 radical (unpaired) electrons. The molecule has 0 saturated carbocycles. The van der Waals surface area contributed by atoms with Crippen molar-refractivity contribution in [2.75, 3.05) is 19.8 Å². The highest BCUT2D eigenvalue weighted by Crippen LogP contribution is 2.51. The van der Waals surface area contributed by atoms with Crippen LogP contribution in [-0.2, 0) is 19.1 Å². The summed E-state index contributed by atoms with van der Waals surface area (Å²) in [6.45, 7) is 4.03. The van der Waals surface area contributed by atoms with E-state index < -0.39 is 24.0 Å². The minimum Gasteiger partial charge on any atom is -0.480 e. The van der Waals surface area contributed by atoms with Crippen molar-refractivity contribution in [1.82, 2.24) is 10.2 Å². The number of carboxylic acids is 2. The van der Waals surface area contributed by atoms with Gasteiger partial charge in [0, 0.05) is 28.7 Å². The minimum absolute atomic E-state index is 0.0105. The maximum atomic E-state index is 12.3. The fourth-order valence-corrected chi connectivity index (χ4v) is 5.66. The van der Waals surface area contributed by atoms with Crippen molar-refractivity contribution < 1.29 is 34.4 Å². The van der Waals surface area contributed by atoms with Crippen molar-refractivity contribution in [2.45, 2.75) is 43.7 Å². The highest BCUT2D eigenvalue weighted by atomic mass is 32.2. The number of nitrogens with zero attached hydrogens (tertiary/aromatic N) is 1. The first kappa shape index (κ1) is 20.1. The van der Waals surface area contributed by atoms with Crippen LogP contribution in [0.3, 0.4) is 0 Å². The number of carbonyl (C=O) groups is 3. The number of nitrogens with one attached hydrogen (secondary N) is 1. The molecule has 0 aromatic carbocycles. The number of thioether (sulfide) groups is 1. The Bertz CT molecular complexity index is 680. The first-order valence-corrected chi connectivity index (χ1v) is 9.78. The second-order valence-corrected chi connectivity index (χ2v) is 8.60. The zero-order valence-electron chi connectivity index (χ0n) is 15.1. The molecule has 0 unspecified atom stereocenters. The Kier molecular flexibility index (Phi) is 5.80. The SMILES string of the molecule is C[C@@H](O)[C@H]1C(=O)N2C(C(=O)O)=C(S[C@@H]3CN[C@H](COCC(=O)O)C3)[C@H](C)[C@H]12. The van der Waals surface area contributed by atoms with Gasteiger partial charge in [-0.25, -0.2) is 9.59 Å². The summed E-state index contributed by atoms with van der Waals surface area (Å²) >= 11 is 1.46. The number of rotatable bonds is 8. The first-order chi connectivity index (χ1) is 12.7. The number of β-lactam (4-membered cyclic amide) rings is 1. The maximum absolute atomic E-state index is 12.3. The van der Waals surface area contributed by atoms with Gasteiger partial charge in [0.1, 0.15) is 12.3 Å². The van der Waals surface area contributed by atoms with Crippen LogP contribution in [0.25, 0.3) is 0 Å². The van der Waals surface area contributed by atoms with Crippen LogP contribution in [0.4, 0.5) is 0 Å². The monoisotopic (exact) mass is 400 g/mol. The van der Waals surface area contributed by atoms with Crippen LogP contribution in [0.15, 0.2) is 10.6 Å². The first-order valence-electron chi connectivity index (χ1n) is 8.90. The van der Waals surface area contributed by atoms with E-state index in [2.05, 4.69) is 5.32 Å². The molecule has 3 aliphatic rings. The zero-order chi connectivity index (χ0) is 19.9. The van der Waals surface area contributed by atoms with Gasteiger partial charge in [0.25, 0.3) is 0 Å². The van der Waals surface area contributed by atoms with Crippen LogP contribution in [0, 0.1) is 11.8 Å². The molecule has 0 aliphatic carbocycles. The molecule has 0 aromatic heterocycles. The molecule has 9 nitrogen and oxygen atoms in total. The van der Waals surface area contributed by atoms with Gasteiger partial charge in [-0.05, 0) is 13.3 Å². The molecule has 27 heavy (non-hydrogen) atoms. The molecule has 10 heteroatoms. The van der Waals surface area contributed by atoms with Crippen LogP contribution >= 0.6 is 11.8 Å². The number of aliphatic carboxylic acids is 2. The van der Waals surface area contributed by atoms with Crippen molar-refractivity contribution in [3.8, 4) is 0 Å². The van der Waals surface area contributed by atoms with Gasteiger partial charge in [0.2, 0.25) is 5.91 Å². The van der Waals surface area contributed by atoms with E-state index >= 15 is 0 Å². The Morgan fingerprint density at radius 3 is 2.70 bits per heavy atom. The second-order valence-electron chi connectivity index (χ2n) is 7.26. The molecule has 4 N–H and O–H groups in total. The van der Waals surface area contributed by atoms with Crippen LogP contribution in [0.1, 0.15) is 20.3 Å². The number of fused-ring (bicyclic) bond motifs is 1. The van der Waals surface area contributed by atoms with Crippen LogP contribution in [-0.4, -0.2) is 81.3 Å². The molecule has 0 aromatic rings. The second kappa shape index (κ2) is 7.78. The van der Waals surface area contributed by atoms with Gasteiger partial charge < -0.3 is 30.3 Å². The summed E-state index contributed by atoms with van der Waals surface area (Å²) in [6.07, 6.45) is -0.101. The fourth-order valence-electron chi connectivity index (χ4n) is 4.15. The lowest BCUT2D eigenvalue weighted by Gasteiger charge is -2.46. The topological polar surface area (TPSA) is 136 Å². The number of aliphatic hydroxyl groups is 1. The number of ether oxygens (including phenoxy) is 1. The molecule has 3 rings (SSSR count). The number of hydrogen-bond donors (Lipinski definition) is 4. The quantitative estimate of drug-likeness (QED) is 0.405.